The lowest BCUT2D eigenvalue weighted by Crippen LogP contribution is -2.41. The van der Waals surface area contributed by atoms with E-state index in [0.717, 1.165) is 23.3 Å². The fourth-order valence-corrected chi connectivity index (χ4v) is 2.28. The molecule has 2 amide bonds. The molecule has 0 fully saturated rings. The fourth-order valence-electron chi connectivity index (χ4n) is 2.28. The van der Waals surface area contributed by atoms with E-state index in [0.29, 0.717) is 18.6 Å². The van der Waals surface area contributed by atoms with Gasteiger partial charge in [-0.15, -0.1) is 0 Å². The second-order valence-electron chi connectivity index (χ2n) is 5.82. The van der Waals surface area contributed by atoms with E-state index in [9.17, 15) is 9.59 Å². The van der Waals surface area contributed by atoms with Gasteiger partial charge in [-0.1, -0.05) is 31.2 Å². The van der Waals surface area contributed by atoms with Crippen LogP contribution in [0.3, 0.4) is 0 Å². The van der Waals surface area contributed by atoms with Crippen molar-refractivity contribution in [3.63, 3.8) is 0 Å². The Kier molecular flexibility index (Phi) is 7.01. The first-order valence-corrected chi connectivity index (χ1v) is 8.46. The number of ether oxygens (including phenoxy) is 1. The molecule has 0 radical (unpaired) electrons. The Balaban J connectivity index is 1.65. The highest BCUT2D eigenvalue weighted by Gasteiger charge is 2.07. The van der Waals surface area contributed by atoms with Gasteiger partial charge in [0.25, 0.3) is 5.91 Å². The number of hydrogen-bond donors (Lipinski definition) is 2. The van der Waals surface area contributed by atoms with Crippen molar-refractivity contribution < 1.29 is 14.3 Å². The lowest BCUT2D eigenvalue weighted by atomic mass is 10.1. The molecule has 132 valence electrons. The van der Waals surface area contributed by atoms with Crippen LogP contribution in [-0.2, 0) is 11.2 Å². The van der Waals surface area contributed by atoms with Crippen molar-refractivity contribution >= 4 is 11.8 Å². The number of hydrazine groups is 1. The summed E-state index contributed by atoms with van der Waals surface area (Å²) in [6, 6.07) is 15.1. The largest absolute Gasteiger partial charge is 0.494 e. The van der Waals surface area contributed by atoms with Crippen LogP contribution in [0, 0.1) is 6.92 Å². The number of benzene rings is 2. The lowest BCUT2D eigenvalue weighted by molar-refractivity contribution is -0.122. The summed E-state index contributed by atoms with van der Waals surface area (Å²) in [6.07, 6.45) is 1.77. The Hall–Kier alpha value is -2.82. The van der Waals surface area contributed by atoms with Crippen LogP contribution in [0.1, 0.15) is 41.3 Å². The smallest absolute Gasteiger partial charge is 0.269 e. The highest BCUT2D eigenvalue weighted by atomic mass is 16.5. The van der Waals surface area contributed by atoms with Crippen molar-refractivity contribution in [3.8, 4) is 5.75 Å². The van der Waals surface area contributed by atoms with Gasteiger partial charge in [-0.3, -0.25) is 20.4 Å². The summed E-state index contributed by atoms with van der Waals surface area (Å²) in [5.74, 6) is 0.225. The molecule has 2 N–H and O–H groups in total. The number of nitrogens with one attached hydrogen (secondary N) is 2. The number of carbonyl (C=O) groups is 2. The maximum Gasteiger partial charge on any atom is 0.269 e. The maximum absolute atomic E-state index is 11.9. The van der Waals surface area contributed by atoms with E-state index in [-0.39, 0.29) is 18.2 Å². The summed E-state index contributed by atoms with van der Waals surface area (Å²) in [7, 11) is 0. The molecule has 0 aliphatic heterocycles. The molecule has 0 heterocycles. The van der Waals surface area contributed by atoms with Crippen LogP contribution in [0.4, 0.5) is 0 Å². The van der Waals surface area contributed by atoms with E-state index < -0.39 is 0 Å². The normalized spacial score (nSPS) is 10.2. The topological polar surface area (TPSA) is 67.4 Å². The van der Waals surface area contributed by atoms with E-state index in [2.05, 4.69) is 17.8 Å². The van der Waals surface area contributed by atoms with Crippen LogP contribution in [0.5, 0.6) is 5.75 Å². The highest BCUT2D eigenvalue weighted by Crippen LogP contribution is 2.12. The second-order valence-corrected chi connectivity index (χ2v) is 5.82. The zero-order valence-corrected chi connectivity index (χ0v) is 14.7. The first-order chi connectivity index (χ1) is 12.1. The molecular formula is C20H24N2O3. The van der Waals surface area contributed by atoms with E-state index in [1.165, 1.54) is 0 Å². The molecule has 5 nitrogen and oxygen atoms in total. The van der Waals surface area contributed by atoms with Gasteiger partial charge in [0, 0.05) is 12.0 Å². The van der Waals surface area contributed by atoms with Crippen LogP contribution in [0.15, 0.2) is 48.5 Å². The molecule has 0 saturated heterocycles. The summed E-state index contributed by atoms with van der Waals surface area (Å²) >= 11 is 0. The number of amides is 2. The Morgan fingerprint density at radius 2 is 1.80 bits per heavy atom. The van der Waals surface area contributed by atoms with Gasteiger partial charge in [0.05, 0.1) is 6.61 Å². The summed E-state index contributed by atoms with van der Waals surface area (Å²) in [4.78, 5) is 23.7. The summed E-state index contributed by atoms with van der Waals surface area (Å²) in [6.45, 7) is 4.50. The van der Waals surface area contributed by atoms with E-state index in [1.54, 1.807) is 12.1 Å². The quantitative estimate of drug-likeness (QED) is 0.601. The average molecular weight is 340 g/mol. The van der Waals surface area contributed by atoms with Crippen LogP contribution < -0.4 is 15.6 Å². The van der Waals surface area contributed by atoms with E-state index in [1.807, 2.05) is 43.3 Å². The Morgan fingerprint density at radius 1 is 1.04 bits per heavy atom. The Labute approximate surface area is 148 Å². The Morgan fingerprint density at radius 3 is 2.48 bits per heavy atom. The van der Waals surface area contributed by atoms with Crippen molar-refractivity contribution in [2.75, 3.05) is 6.61 Å². The minimum Gasteiger partial charge on any atom is -0.494 e. The minimum absolute atomic E-state index is 0.244. The van der Waals surface area contributed by atoms with Gasteiger partial charge < -0.3 is 4.74 Å². The average Bonchev–Trinajstić information content (AvgIpc) is 2.63. The first-order valence-electron chi connectivity index (χ1n) is 8.46. The molecule has 0 bridgehead atoms. The molecule has 0 aliphatic carbocycles. The summed E-state index contributed by atoms with van der Waals surface area (Å²) in [5, 5.41) is 0. The lowest BCUT2D eigenvalue weighted by Gasteiger charge is -2.09. The molecule has 0 spiro atoms. The van der Waals surface area contributed by atoms with Crippen LogP contribution in [0.2, 0.25) is 0 Å². The van der Waals surface area contributed by atoms with E-state index >= 15 is 0 Å². The van der Waals surface area contributed by atoms with Crippen molar-refractivity contribution in [2.45, 2.75) is 33.1 Å². The molecular weight excluding hydrogens is 316 g/mol. The maximum atomic E-state index is 11.9. The van der Waals surface area contributed by atoms with Gasteiger partial charge in [0.1, 0.15) is 5.75 Å². The van der Waals surface area contributed by atoms with Gasteiger partial charge in [-0.2, -0.15) is 0 Å². The molecule has 0 atom stereocenters. The van der Waals surface area contributed by atoms with Gasteiger partial charge in [-0.05, 0) is 55.2 Å². The van der Waals surface area contributed by atoms with Gasteiger partial charge in [0.2, 0.25) is 5.91 Å². The van der Waals surface area contributed by atoms with Crippen molar-refractivity contribution in [3.05, 3.63) is 65.2 Å². The number of aryl methyl sites for hydroxylation is 2. The number of rotatable bonds is 7. The SMILES string of the molecule is CCc1ccc(C(=O)NNC(=O)CCCOc2cccc(C)c2)cc1. The fraction of sp³-hybridized carbons (Fsp3) is 0.300. The van der Waals surface area contributed by atoms with Crippen LogP contribution in [0.25, 0.3) is 0 Å². The molecule has 2 aromatic rings. The van der Waals surface area contributed by atoms with Crippen LogP contribution in [-0.4, -0.2) is 18.4 Å². The molecule has 2 aromatic carbocycles. The number of hydrogen-bond acceptors (Lipinski definition) is 3. The molecule has 2 rings (SSSR count). The second kappa shape index (κ2) is 9.47. The molecule has 0 aromatic heterocycles. The van der Waals surface area contributed by atoms with Gasteiger partial charge in [0.15, 0.2) is 0 Å². The number of carbonyl (C=O) groups excluding carboxylic acids is 2. The predicted molar refractivity (Wildman–Crippen MR) is 97.3 cm³/mol. The molecule has 25 heavy (non-hydrogen) atoms. The van der Waals surface area contributed by atoms with Crippen LogP contribution >= 0.6 is 0 Å². The van der Waals surface area contributed by atoms with E-state index in [4.69, 9.17) is 4.74 Å². The minimum atomic E-state index is -0.327. The summed E-state index contributed by atoms with van der Waals surface area (Å²) < 4.78 is 5.59. The van der Waals surface area contributed by atoms with Gasteiger partial charge >= 0.3 is 0 Å². The van der Waals surface area contributed by atoms with Crippen molar-refractivity contribution in [2.24, 2.45) is 0 Å². The van der Waals surface area contributed by atoms with Gasteiger partial charge in [-0.25, -0.2) is 0 Å². The van der Waals surface area contributed by atoms with Crippen molar-refractivity contribution in [1.82, 2.24) is 10.9 Å². The zero-order chi connectivity index (χ0) is 18.1. The molecule has 0 saturated carbocycles. The van der Waals surface area contributed by atoms with Crippen molar-refractivity contribution in [1.29, 1.82) is 0 Å². The zero-order valence-electron chi connectivity index (χ0n) is 14.7. The third-order valence-corrected chi connectivity index (χ3v) is 3.75. The first kappa shape index (κ1) is 18.5. The molecule has 0 aliphatic rings. The predicted octanol–water partition coefficient (Wildman–Crippen LogP) is 3.18. The monoisotopic (exact) mass is 340 g/mol. The highest BCUT2D eigenvalue weighted by molar-refractivity contribution is 5.95. The third kappa shape index (κ3) is 6.30. The standard InChI is InChI=1S/C20H24N2O3/c1-3-16-9-11-17(12-10-16)20(24)22-21-19(23)8-5-13-25-18-7-4-6-15(2)14-18/h4,6-7,9-12,14H,3,5,8,13H2,1-2H3,(H,21,23)(H,22,24). The molecule has 0 unspecified atom stereocenters. The Bertz CT molecular complexity index is 711. The molecule has 5 heteroatoms. The summed E-state index contributed by atoms with van der Waals surface area (Å²) in [5.41, 5.74) is 7.65. The third-order valence-electron chi connectivity index (χ3n) is 3.75.